The van der Waals surface area contributed by atoms with Gasteiger partial charge >= 0.3 is 5.97 Å². The molecule has 0 aliphatic carbocycles. The van der Waals surface area contributed by atoms with Crippen LogP contribution in [0.3, 0.4) is 0 Å². The monoisotopic (exact) mass is 240 g/mol. The van der Waals surface area contributed by atoms with Crippen LogP contribution in [0.4, 0.5) is 5.69 Å². The van der Waals surface area contributed by atoms with Gasteiger partial charge in [0.05, 0.1) is 5.69 Å². The first-order chi connectivity index (χ1) is 7.63. The number of carboxylic acid groups (broad SMARTS) is 1. The van der Waals surface area contributed by atoms with Crippen LogP contribution in [-0.2, 0) is 4.79 Å². The second-order valence-electron chi connectivity index (χ2n) is 3.33. The summed E-state index contributed by atoms with van der Waals surface area (Å²) in [6.07, 6.45) is 1.25. The molecule has 0 radical (unpaired) electrons. The van der Waals surface area contributed by atoms with E-state index in [1.807, 2.05) is 6.92 Å². The highest BCUT2D eigenvalue weighted by Gasteiger charge is 2.14. The minimum atomic E-state index is -0.945. The van der Waals surface area contributed by atoms with Gasteiger partial charge in [-0.25, -0.2) is 4.79 Å². The predicted octanol–water partition coefficient (Wildman–Crippen LogP) is 3.68. The largest absolute Gasteiger partial charge is 0.480 e. The van der Waals surface area contributed by atoms with E-state index in [-0.39, 0.29) is 0 Å². The lowest BCUT2D eigenvalue weighted by Gasteiger charge is -2.02. The Morgan fingerprint density at radius 2 is 2.06 bits per heavy atom. The summed E-state index contributed by atoms with van der Waals surface area (Å²) in [6.45, 7) is 1.91. The summed E-state index contributed by atoms with van der Waals surface area (Å²) in [5.41, 5.74) is 0.603. The van der Waals surface area contributed by atoms with E-state index in [4.69, 9.17) is 16.7 Å². The third-order valence-electron chi connectivity index (χ3n) is 1.99. The third kappa shape index (κ3) is 3.98. The van der Waals surface area contributed by atoms with Crippen molar-refractivity contribution in [2.75, 3.05) is 0 Å². The fourth-order valence-electron chi connectivity index (χ4n) is 1.15. The van der Waals surface area contributed by atoms with Crippen LogP contribution in [0.1, 0.15) is 19.8 Å². The van der Waals surface area contributed by atoms with Crippen molar-refractivity contribution in [1.29, 1.82) is 0 Å². The van der Waals surface area contributed by atoms with E-state index in [1.165, 1.54) is 0 Å². The van der Waals surface area contributed by atoms with Gasteiger partial charge in [-0.2, -0.15) is 10.2 Å². The zero-order chi connectivity index (χ0) is 12.0. The molecule has 1 unspecified atom stereocenters. The fraction of sp³-hybridized carbons (Fsp3) is 0.364. The van der Waals surface area contributed by atoms with Crippen LogP contribution in [-0.4, -0.2) is 17.1 Å². The van der Waals surface area contributed by atoms with Gasteiger partial charge < -0.3 is 5.11 Å². The number of azo groups is 1. The van der Waals surface area contributed by atoms with E-state index in [2.05, 4.69) is 10.2 Å². The van der Waals surface area contributed by atoms with Gasteiger partial charge in [0.25, 0.3) is 0 Å². The number of benzene rings is 1. The molecule has 0 aliphatic heterocycles. The number of halogens is 1. The van der Waals surface area contributed by atoms with Crippen molar-refractivity contribution >= 4 is 23.3 Å². The van der Waals surface area contributed by atoms with Crippen molar-refractivity contribution in [3.63, 3.8) is 0 Å². The van der Waals surface area contributed by atoms with E-state index in [1.54, 1.807) is 24.3 Å². The lowest BCUT2D eigenvalue weighted by molar-refractivity contribution is -0.138. The Hall–Kier alpha value is -1.42. The molecule has 86 valence electrons. The van der Waals surface area contributed by atoms with Crippen molar-refractivity contribution in [2.24, 2.45) is 10.2 Å². The van der Waals surface area contributed by atoms with Gasteiger partial charge in [0.15, 0.2) is 6.04 Å². The Bertz CT molecular complexity index is 376. The minimum Gasteiger partial charge on any atom is -0.480 e. The van der Waals surface area contributed by atoms with E-state index in [9.17, 15) is 4.79 Å². The summed E-state index contributed by atoms with van der Waals surface area (Å²) in [5, 5.41) is 17.1. The van der Waals surface area contributed by atoms with Crippen molar-refractivity contribution < 1.29 is 9.90 Å². The molecule has 0 aliphatic rings. The zero-order valence-corrected chi connectivity index (χ0v) is 9.68. The lowest BCUT2D eigenvalue weighted by atomic mass is 10.2. The van der Waals surface area contributed by atoms with Crippen molar-refractivity contribution in [3.8, 4) is 0 Å². The maximum Gasteiger partial charge on any atom is 0.330 e. The van der Waals surface area contributed by atoms with Crippen LogP contribution in [0.5, 0.6) is 0 Å². The van der Waals surface area contributed by atoms with Crippen LogP contribution >= 0.6 is 11.6 Å². The highest BCUT2D eigenvalue weighted by Crippen LogP contribution is 2.17. The lowest BCUT2D eigenvalue weighted by Crippen LogP contribution is -2.16. The molecule has 0 fully saturated rings. The standard InChI is InChI=1S/C11H13ClN2O2/c1-2-3-10(11(15)16)14-13-9-6-4-8(12)5-7-9/h4-7,10H,2-3H2,1H3,(H,15,16)/b14-13+. The molecule has 0 amide bonds. The highest BCUT2D eigenvalue weighted by atomic mass is 35.5. The molecule has 1 aromatic carbocycles. The van der Waals surface area contributed by atoms with Crippen LogP contribution in [0.25, 0.3) is 0 Å². The molecule has 1 rings (SSSR count). The molecule has 1 N–H and O–H groups in total. The second kappa shape index (κ2) is 6.23. The van der Waals surface area contributed by atoms with Gasteiger partial charge in [-0.1, -0.05) is 24.9 Å². The molecule has 4 nitrogen and oxygen atoms in total. The van der Waals surface area contributed by atoms with E-state index >= 15 is 0 Å². The number of hydrogen-bond acceptors (Lipinski definition) is 3. The van der Waals surface area contributed by atoms with Crippen molar-refractivity contribution in [2.45, 2.75) is 25.8 Å². The number of carbonyl (C=O) groups is 1. The fourth-order valence-corrected chi connectivity index (χ4v) is 1.27. The molecule has 0 aromatic heterocycles. The minimum absolute atomic E-state index is 0.492. The van der Waals surface area contributed by atoms with Crippen LogP contribution < -0.4 is 0 Å². The Labute approximate surface area is 99.0 Å². The predicted molar refractivity (Wildman–Crippen MR) is 62.3 cm³/mol. The molecular weight excluding hydrogens is 228 g/mol. The normalized spacial score (nSPS) is 12.9. The molecule has 0 spiro atoms. The Morgan fingerprint density at radius 1 is 1.44 bits per heavy atom. The average molecular weight is 241 g/mol. The first-order valence-corrected chi connectivity index (χ1v) is 5.40. The smallest absolute Gasteiger partial charge is 0.330 e. The Balaban J connectivity index is 2.70. The summed E-state index contributed by atoms with van der Waals surface area (Å²) < 4.78 is 0. The number of carboxylic acids is 1. The Kier molecular flexibility index (Phi) is 4.92. The van der Waals surface area contributed by atoms with Crippen molar-refractivity contribution in [3.05, 3.63) is 29.3 Å². The van der Waals surface area contributed by atoms with E-state index < -0.39 is 12.0 Å². The van der Waals surface area contributed by atoms with Crippen LogP contribution in [0.2, 0.25) is 5.02 Å². The summed E-state index contributed by atoms with van der Waals surface area (Å²) >= 11 is 5.71. The third-order valence-corrected chi connectivity index (χ3v) is 2.24. The summed E-state index contributed by atoms with van der Waals surface area (Å²) in [6, 6.07) is 5.99. The molecule has 0 saturated heterocycles. The van der Waals surface area contributed by atoms with Gasteiger partial charge in [0, 0.05) is 5.02 Å². The summed E-state index contributed by atoms with van der Waals surface area (Å²) in [7, 11) is 0. The average Bonchev–Trinajstić information content (AvgIpc) is 2.26. The SMILES string of the molecule is CCCC(/N=N/c1ccc(Cl)cc1)C(=O)O. The van der Waals surface area contributed by atoms with Gasteiger partial charge in [0.1, 0.15) is 0 Å². The van der Waals surface area contributed by atoms with E-state index in [0.29, 0.717) is 17.1 Å². The molecule has 0 saturated carbocycles. The molecular formula is C11H13ClN2O2. The molecule has 5 heteroatoms. The molecule has 1 atom stereocenters. The summed E-state index contributed by atoms with van der Waals surface area (Å²) in [4.78, 5) is 10.8. The number of nitrogens with zero attached hydrogens (tertiary/aromatic N) is 2. The molecule has 0 heterocycles. The number of aliphatic carboxylic acids is 1. The topological polar surface area (TPSA) is 62.0 Å². The maximum absolute atomic E-state index is 10.8. The second-order valence-corrected chi connectivity index (χ2v) is 3.77. The van der Waals surface area contributed by atoms with Gasteiger partial charge in [-0.15, -0.1) is 0 Å². The first kappa shape index (κ1) is 12.6. The maximum atomic E-state index is 10.8. The van der Waals surface area contributed by atoms with Crippen molar-refractivity contribution in [1.82, 2.24) is 0 Å². The van der Waals surface area contributed by atoms with Crippen LogP contribution in [0.15, 0.2) is 34.5 Å². The van der Waals surface area contributed by atoms with E-state index in [0.717, 1.165) is 6.42 Å². The number of hydrogen-bond donors (Lipinski definition) is 1. The van der Waals surface area contributed by atoms with Crippen LogP contribution in [0, 0.1) is 0 Å². The Morgan fingerprint density at radius 3 is 2.56 bits per heavy atom. The van der Waals surface area contributed by atoms with Gasteiger partial charge in [0.2, 0.25) is 0 Å². The quantitative estimate of drug-likeness (QED) is 0.798. The first-order valence-electron chi connectivity index (χ1n) is 5.02. The molecule has 16 heavy (non-hydrogen) atoms. The van der Waals surface area contributed by atoms with Gasteiger partial charge in [-0.3, -0.25) is 0 Å². The zero-order valence-electron chi connectivity index (χ0n) is 8.93. The molecule has 1 aromatic rings. The number of rotatable bonds is 5. The van der Waals surface area contributed by atoms with Gasteiger partial charge in [-0.05, 0) is 30.7 Å². The summed E-state index contributed by atoms with van der Waals surface area (Å²) in [5.74, 6) is -0.945. The molecule has 0 bridgehead atoms. The highest BCUT2D eigenvalue weighted by molar-refractivity contribution is 6.30.